The molecule has 0 atom stereocenters. The van der Waals surface area contributed by atoms with E-state index < -0.39 is 5.91 Å². The van der Waals surface area contributed by atoms with Gasteiger partial charge in [-0.1, -0.05) is 35.6 Å². The highest BCUT2D eigenvalue weighted by molar-refractivity contribution is 5.82. The van der Waals surface area contributed by atoms with Crippen molar-refractivity contribution in [3.8, 4) is 5.75 Å². The van der Waals surface area contributed by atoms with E-state index in [1.54, 1.807) is 7.11 Å². The number of hydrogen-bond acceptors (Lipinski definition) is 5. The van der Waals surface area contributed by atoms with Crippen LogP contribution in [0.3, 0.4) is 0 Å². The first kappa shape index (κ1) is 16.9. The van der Waals surface area contributed by atoms with Crippen LogP contribution in [0.1, 0.15) is 18.2 Å². The molecule has 0 unspecified atom stereocenters. The number of methoxy groups -OCH3 is 1. The lowest BCUT2D eigenvalue weighted by atomic mass is 10.2. The van der Waals surface area contributed by atoms with Crippen molar-refractivity contribution in [2.45, 2.75) is 20.1 Å². The zero-order chi connectivity index (χ0) is 17.8. The summed E-state index contributed by atoms with van der Waals surface area (Å²) in [4.78, 5) is 16.1. The summed E-state index contributed by atoms with van der Waals surface area (Å²) in [6.45, 7) is 1.78. The molecular formula is C18H19N3O4. The summed E-state index contributed by atoms with van der Waals surface area (Å²) < 4.78 is 7.04. The molecule has 1 heterocycles. The Morgan fingerprint density at radius 2 is 1.92 bits per heavy atom. The molecule has 2 aromatic carbocycles. The van der Waals surface area contributed by atoms with E-state index in [1.165, 1.54) is 6.92 Å². The quantitative estimate of drug-likeness (QED) is 0.551. The minimum absolute atomic E-state index is 0.00773. The van der Waals surface area contributed by atoms with Crippen LogP contribution in [0.25, 0.3) is 10.9 Å². The molecular weight excluding hydrogens is 322 g/mol. The first-order chi connectivity index (χ1) is 12.1. The first-order valence-corrected chi connectivity index (χ1v) is 7.78. The fraction of sp³-hybridized carbons (Fsp3) is 0.222. The van der Waals surface area contributed by atoms with Gasteiger partial charge in [0, 0.05) is 12.3 Å². The van der Waals surface area contributed by atoms with E-state index in [0.29, 0.717) is 12.2 Å². The third-order valence-corrected chi connectivity index (χ3v) is 3.82. The summed E-state index contributed by atoms with van der Waals surface area (Å²) in [5, 5.41) is 15.1. The van der Waals surface area contributed by atoms with Crippen LogP contribution in [-0.4, -0.2) is 33.2 Å². The van der Waals surface area contributed by atoms with Crippen molar-refractivity contribution < 1.29 is 19.6 Å². The Morgan fingerprint density at radius 1 is 1.20 bits per heavy atom. The van der Waals surface area contributed by atoms with Gasteiger partial charge in [0.25, 0.3) is 5.91 Å². The second-order valence-corrected chi connectivity index (χ2v) is 5.53. The summed E-state index contributed by atoms with van der Waals surface area (Å²) >= 11 is 0. The molecule has 1 aromatic heterocycles. The van der Waals surface area contributed by atoms with Crippen molar-refractivity contribution in [2.24, 2.45) is 0 Å². The van der Waals surface area contributed by atoms with E-state index in [2.05, 4.69) is 5.10 Å². The lowest BCUT2D eigenvalue weighted by molar-refractivity contribution is -0.320. The van der Waals surface area contributed by atoms with Gasteiger partial charge < -0.3 is 4.74 Å². The number of para-hydroxylation sites is 1. The van der Waals surface area contributed by atoms with Crippen LogP contribution >= 0.6 is 0 Å². The fourth-order valence-corrected chi connectivity index (χ4v) is 2.54. The summed E-state index contributed by atoms with van der Waals surface area (Å²) in [5.41, 5.74) is 2.67. The number of hydrogen-bond donors (Lipinski definition) is 1. The Balaban J connectivity index is 1.86. The number of nitrogens with zero attached hydrogens (tertiary/aromatic N) is 3. The lowest BCUT2D eigenvalue weighted by Gasteiger charge is -2.10. The van der Waals surface area contributed by atoms with Crippen LogP contribution < -0.4 is 4.74 Å². The van der Waals surface area contributed by atoms with Gasteiger partial charge in [-0.05, 0) is 23.8 Å². The highest BCUT2D eigenvalue weighted by atomic mass is 16.9. The Bertz CT molecular complexity index is 874. The molecule has 0 bridgehead atoms. The van der Waals surface area contributed by atoms with Crippen LogP contribution in [0.4, 0.5) is 0 Å². The van der Waals surface area contributed by atoms with E-state index in [-0.39, 0.29) is 11.8 Å². The predicted octanol–water partition coefficient (Wildman–Crippen LogP) is 2.76. The summed E-state index contributed by atoms with van der Waals surface area (Å²) in [7, 11) is 1.63. The molecule has 1 amide bonds. The zero-order valence-corrected chi connectivity index (χ0v) is 14.0. The molecule has 0 aliphatic heterocycles. The number of carbonyl (C=O) groups excluding carboxylic acids is 1. The number of aromatic nitrogens is 2. The molecule has 0 saturated carbocycles. The highest BCUT2D eigenvalue weighted by Gasteiger charge is 2.13. The summed E-state index contributed by atoms with van der Waals surface area (Å²) in [6, 6.07) is 15.5. The third kappa shape index (κ3) is 3.78. The van der Waals surface area contributed by atoms with Crippen LogP contribution in [0.15, 0.2) is 48.5 Å². The SMILES string of the molecule is COc1ccc(Cn2nc(CON(O)C(C)=O)c3ccccc32)cc1. The second-order valence-electron chi connectivity index (χ2n) is 5.53. The molecule has 130 valence electrons. The highest BCUT2D eigenvalue weighted by Crippen LogP contribution is 2.21. The maximum absolute atomic E-state index is 11.0. The number of rotatable bonds is 6. The van der Waals surface area contributed by atoms with Gasteiger partial charge in [0.05, 0.1) is 24.9 Å². The van der Waals surface area contributed by atoms with E-state index >= 15 is 0 Å². The molecule has 7 heteroatoms. The van der Waals surface area contributed by atoms with Gasteiger partial charge >= 0.3 is 0 Å². The first-order valence-electron chi connectivity index (χ1n) is 7.78. The Labute approximate surface area is 144 Å². The molecule has 7 nitrogen and oxygen atoms in total. The van der Waals surface area contributed by atoms with Gasteiger partial charge in [-0.15, -0.1) is 0 Å². The van der Waals surface area contributed by atoms with Crippen LogP contribution in [0.2, 0.25) is 0 Å². The number of ether oxygens (including phenoxy) is 1. The summed E-state index contributed by atoms with van der Waals surface area (Å²) in [6.07, 6.45) is 0. The molecule has 0 saturated heterocycles. The Morgan fingerprint density at radius 3 is 2.60 bits per heavy atom. The molecule has 3 rings (SSSR count). The number of hydroxylamine groups is 2. The van der Waals surface area contributed by atoms with Crippen LogP contribution in [-0.2, 0) is 22.8 Å². The van der Waals surface area contributed by atoms with Crippen molar-refractivity contribution in [2.75, 3.05) is 7.11 Å². The monoisotopic (exact) mass is 341 g/mol. The minimum Gasteiger partial charge on any atom is -0.497 e. The van der Waals surface area contributed by atoms with Crippen molar-refractivity contribution >= 4 is 16.8 Å². The third-order valence-electron chi connectivity index (χ3n) is 3.82. The molecule has 0 aliphatic rings. The van der Waals surface area contributed by atoms with E-state index in [1.807, 2.05) is 53.2 Å². The van der Waals surface area contributed by atoms with Crippen molar-refractivity contribution in [3.63, 3.8) is 0 Å². The number of amides is 1. The van der Waals surface area contributed by atoms with Gasteiger partial charge in [0.1, 0.15) is 12.4 Å². The predicted molar refractivity (Wildman–Crippen MR) is 90.9 cm³/mol. The van der Waals surface area contributed by atoms with Gasteiger partial charge in [-0.25, -0.2) is 4.84 Å². The topological polar surface area (TPSA) is 76.8 Å². The second kappa shape index (κ2) is 7.33. The van der Waals surface area contributed by atoms with Gasteiger partial charge in [-0.3, -0.25) is 14.7 Å². The normalized spacial score (nSPS) is 10.8. The average Bonchev–Trinajstić information content (AvgIpc) is 2.98. The Kier molecular flexibility index (Phi) is 4.97. The van der Waals surface area contributed by atoms with E-state index in [0.717, 1.165) is 22.2 Å². The van der Waals surface area contributed by atoms with Gasteiger partial charge in [0.2, 0.25) is 0 Å². The molecule has 25 heavy (non-hydrogen) atoms. The lowest BCUT2D eigenvalue weighted by Crippen LogP contribution is -2.24. The number of fused-ring (bicyclic) bond motifs is 1. The smallest absolute Gasteiger partial charge is 0.270 e. The Hall–Kier alpha value is -2.90. The number of benzene rings is 2. The fourth-order valence-electron chi connectivity index (χ4n) is 2.54. The maximum Gasteiger partial charge on any atom is 0.270 e. The number of carbonyl (C=O) groups is 1. The molecule has 0 spiro atoms. The summed E-state index contributed by atoms with van der Waals surface area (Å²) in [5.74, 6) is 0.206. The van der Waals surface area contributed by atoms with Gasteiger partial charge in [0.15, 0.2) is 0 Å². The molecule has 3 aromatic rings. The maximum atomic E-state index is 11.0. The zero-order valence-electron chi connectivity index (χ0n) is 14.0. The average molecular weight is 341 g/mol. The largest absolute Gasteiger partial charge is 0.497 e. The molecule has 0 fully saturated rings. The van der Waals surface area contributed by atoms with Crippen molar-refractivity contribution in [1.29, 1.82) is 0 Å². The van der Waals surface area contributed by atoms with Crippen LogP contribution in [0.5, 0.6) is 5.75 Å². The minimum atomic E-state index is -0.595. The van der Waals surface area contributed by atoms with Crippen molar-refractivity contribution in [1.82, 2.24) is 15.0 Å². The van der Waals surface area contributed by atoms with E-state index in [4.69, 9.17) is 9.57 Å². The standard InChI is InChI=1S/C18H19N3O4/c1-13(22)21(23)25-12-17-16-5-3-4-6-18(16)20(19-17)11-14-7-9-15(24-2)10-8-14/h3-10,23H,11-12H2,1-2H3. The van der Waals surface area contributed by atoms with Gasteiger partial charge in [-0.2, -0.15) is 5.10 Å². The molecule has 0 radical (unpaired) electrons. The molecule has 0 aliphatic carbocycles. The molecule has 1 N–H and O–H groups in total. The van der Waals surface area contributed by atoms with Crippen LogP contribution in [0, 0.1) is 0 Å². The van der Waals surface area contributed by atoms with E-state index in [9.17, 15) is 10.0 Å². The van der Waals surface area contributed by atoms with Crippen molar-refractivity contribution in [3.05, 3.63) is 59.8 Å².